The topological polar surface area (TPSA) is 94.4 Å². The molecule has 1 aliphatic rings. The lowest BCUT2D eigenvalue weighted by molar-refractivity contribution is 0.0204. The minimum Gasteiger partial charge on any atom is -0.496 e. The molecule has 210 valence electrons. The summed E-state index contributed by atoms with van der Waals surface area (Å²) in [7, 11) is 1.68. The fraction of sp³-hybridized carbons (Fsp3) is 0.419. The Kier molecular flexibility index (Phi) is 7.65. The average molecular weight is 543 g/mol. The largest absolute Gasteiger partial charge is 0.496 e. The van der Waals surface area contributed by atoms with Gasteiger partial charge in [-0.3, -0.25) is 0 Å². The smallest absolute Gasteiger partial charge is 0.410 e. The first-order valence-electron chi connectivity index (χ1n) is 13.9. The van der Waals surface area contributed by atoms with Crippen LogP contribution in [0.1, 0.15) is 65.1 Å². The Bertz CT molecular complexity index is 1500. The number of carbonyl (C=O) groups is 1. The number of aromatic nitrogens is 4. The molecule has 4 aromatic rings. The van der Waals surface area contributed by atoms with Gasteiger partial charge in [-0.1, -0.05) is 36.4 Å². The number of amides is 1. The van der Waals surface area contributed by atoms with Gasteiger partial charge in [-0.15, -0.1) is 0 Å². The van der Waals surface area contributed by atoms with Crippen LogP contribution in [0.5, 0.6) is 5.75 Å². The molecule has 1 fully saturated rings. The number of methoxy groups -OCH3 is 1. The summed E-state index contributed by atoms with van der Waals surface area (Å²) in [4.78, 5) is 23.8. The van der Waals surface area contributed by atoms with Crippen LogP contribution in [0.4, 0.5) is 16.6 Å². The first kappa shape index (κ1) is 27.4. The number of nitrogens with one attached hydrogen (secondary N) is 1. The Labute approximate surface area is 235 Å². The third-order valence-corrected chi connectivity index (χ3v) is 7.06. The zero-order valence-electron chi connectivity index (χ0n) is 24.1. The van der Waals surface area contributed by atoms with Crippen molar-refractivity contribution in [1.29, 1.82) is 0 Å². The second-order valence-corrected chi connectivity index (χ2v) is 11.5. The minimum atomic E-state index is -0.497. The SMILES string of the molecule is COc1ccccc1-c1cccc2cnc(Nc3cc(C4CCN(C(=O)OC(C)(C)C)CC4)nn3C(C)C)nc12. The van der Waals surface area contributed by atoms with E-state index in [4.69, 9.17) is 19.6 Å². The first-order valence-corrected chi connectivity index (χ1v) is 13.9. The second kappa shape index (κ2) is 11.2. The van der Waals surface area contributed by atoms with Crippen molar-refractivity contribution in [2.24, 2.45) is 0 Å². The summed E-state index contributed by atoms with van der Waals surface area (Å²) >= 11 is 0. The van der Waals surface area contributed by atoms with Gasteiger partial charge in [0.2, 0.25) is 5.95 Å². The highest BCUT2D eigenvalue weighted by molar-refractivity contribution is 5.95. The van der Waals surface area contributed by atoms with Crippen LogP contribution in [0.15, 0.2) is 54.7 Å². The lowest BCUT2D eigenvalue weighted by Gasteiger charge is -2.32. The Morgan fingerprint density at radius 3 is 2.48 bits per heavy atom. The van der Waals surface area contributed by atoms with Gasteiger partial charge in [-0.25, -0.2) is 19.4 Å². The molecule has 0 saturated carbocycles. The van der Waals surface area contributed by atoms with Crippen molar-refractivity contribution >= 4 is 28.8 Å². The quantitative estimate of drug-likeness (QED) is 0.282. The number of para-hydroxylation sites is 2. The van der Waals surface area contributed by atoms with Crippen molar-refractivity contribution in [3.63, 3.8) is 0 Å². The van der Waals surface area contributed by atoms with Crippen molar-refractivity contribution < 1.29 is 14.3 Å². The molecule has 0 radical (unpaired) electrons. The molecule has 0 unspecified atom stereocenters. The normalized spacial score (nSPS) is 14.5. The van der Waals surface area contributed by atoms with Gasteiger partial charge in [0.25, 0.3) is 0 Å². The lowest BCUT2D eigenvalue weighted by Crippen LogP contribution is -2.41. The van der Waals surface area contributed by atoms with Crippen molar-refractivity contribution in [2.75, 3.05) is 25.5 Å². The van der Waals surface area contributed by atoms with E-state index in [2.05, 4.69) is 36.3 Å². The maximum atomic E-state index is 12.5. The van der Waals surface area contributed by atoms with E-state index in [0.29, 0.717) is 19.0 Å². The Morgan fingerprint density at radius 1 is 1.05 bits per heavy atom. The summed E-state index contributed by atoms with van der Waals surface area (Å²) < 4.78 is 13.2. The Hall–Kier alpha value is -4.14. The van der Waals surface area contributed by atoms with E-state index in [1.807, 2.05) is 68.0 Å². The molecule has 1 aliphatic heterocycles. The van der Waals surface area contributed by atoms with Gasteiger partial charge >= 0.3 is 6.09 Å². The zero-order valence-corrected chi connectivity index (χ0v) is 24.1. The Balaban J connectivity index is 1.39. The summed E-state index contributed by atoms with van der Waals surface area (Å²) in [6.07, 6.45) is 3.26. The van der Waals surface area contributed by atoms with E-state index in [1.54, 1.807) is 12.0 Å². The number of piperidine rings is 1. The minimum absolute atomic E-state index is 0.141. The molecule has 5 rings (SSSR count). The highest BCUT2D eigenvalue weighted by Crippen LogP contribution is 2.35. The van der Waals surface area contributed by atoms with E-state index >= 15 is 0 Å². The predicted octanol–water partition coefficient (Wildman–Crippen LogP) is 6.94. The molecule has 2 aromatic carbocycles. The fourth-order valence-electron chi connectivity index (χ4n) is 5.10. The molecular weight excluding hydrogens is 504 g/mol. The van der Waals surface area contributed by atoms with Gasteiger partial charge in [-0.2, -0.15) is 5.10 Å². The summed E-state index contributed by atoms with van der Waals surface area (Å²) in [5.41, 5.74) is 3.32. The van der Waals surface area contributed by atoms with Crippen LogP contribution >= 0.6 is 0 Å². The van der Waals surface area contributed by atoms with E-state index in [-0.39, 0.29) is 18.1 Å². The lowest BCUT2D eigenvalue weighted by atomic mass is 9.94. The predicted molar refractivity (Wildman–Crippen MR) is 157 cm³/mol. The third-order valence-electron chi connectivity index (χ3n) is 7.06. The number of likely N-dealkylation sites (tertiary alicyclic amines) is 1. The third kappa shape index (κ3) is 5.88. The second-order valence-electron chi connectivity index (χ2n) is 11.5. The summed E-state index contributed by atoms with van der Waals surface area (Å²) in [5.74, 6) is 2.40. The van der Waals surface area contributed by atoms with E-state index in [1.165, 1.54) is 0 Å². The molecule has 0 spiro atoms. The van der Waals surface area contributed by atoms with Crippen LogP contribution in [0, 0.1) is 0 Å². The van der Waals surface area contributed by atoms with Gasteiger partial charge in [0.05, 0.1) is 18.3 Å². The Morgan fingerprint density at radius 2 is 1.77 bits per heavy atom. The molecule has 9 nitrogen and oxygen atoms in total. The number of benzene rings is 2. The zero-order chi connectivity index (χ0) is 28.4. The number of hydrogen-bond acceptors (Lipinski definition) is 7. The standard InChI is InChI=1S/C31H38N6O3/c1-20(2)37-27(18-25(35-37)21-14-16-36(17-15-21)30(38)40-31(3,4)5)33-29-32-19-22-10-9-12-24(28(22)34-29)23-11-7-8-13-26(23)39-6/h7-13,18-21H,14-17H2,1-6H3,(H,32,33,34). The van der Waals surface area contributed by atoms with Gasteiger partial charge in [-0.05, 0) is 53.5 Å². The number of ether oxygens (including phenoxy) is 2. The first-order chi connectivity index (χ1) is 19.1. The van der Waals surface area contributed by atoms with Crippen molar-refractivity contribution in [3.8, 4) is 16.9 Å². The number of nitrogens with zero attached hydrogens (tertiary/aromatic N) is 5. The molecule has 9 heteroatoms. The average Bonchev–Trinajstić information content (AvgIpc) is 3.36. The molecule has 0 aliphatic carbocycles. The van der Waals surface area contributed by atoms with Gasteiger partial charge in [0, 0.05) is 53.8 Å². The molecule has 0 bridgehead atoms. The summed E-state index contributed by atoms with van der Waals surface area (Å²) in [6.45, 7) is 11.2. The molecule has 1 saturated heterocycles. The fourth-order valence-corrected chi connectivity index (χ4v) is 5.10. The molecule has 0 atom stereocenters. The summed E-state index contributed by atoms with van der Waals surface area (Å²) in [6, 6.07) is 16.3. The van der Waals surface area contributed by atoms with Crippen molar-refractivity contribution in [3.05, 3.63) is 60.4 Å². The highest BCUT2D eigenvalue weighted by atomic mass is 16.6. The van der Waals surface area contributed by atoms with Crippen LogP contribution in [0.25, 0.3) is 22.0 Å². The molecular formula is C31H38N6O3. The molecule has 2 aromatic heterocycles. The van der Waals surface area contributed by atoms with Crippen molar-refractivity contribution in [1.82, 2.24) is 24.6 Å². The molecule has 3 heterocycles. The number of fused-ring (bicyclic) bond motifs is 1. The van der Waals surface area contributed by atoms with E-state index in [9.17, 15) is 4.79 Å². The van der Waals surface area contributed by atoms with Crippen molar-refractivity contribution in [2.45, 2.75) is 65.0 Å². The van der Waals surface area contributed by atoms with Crippen LogP contribution in [-0.2, 0) is 4.74 Å². The van der Waals surface area contributed by atoms with E-state index < -0.39 is 5.60 Å². The number of hydrogen-bond donors (Lipinski definition) is 1. The van der Waals surface area contributed by atoms with Gasteiger partial charge in [0.1, 0.15) is 17.2 Å². The van der Waals surface area contributed by atoms with Crippen LogP contribution < -0.4 is 10.1 Å². The maximum Gasteiger partial charge on any atom is 0.410 e. The summed E-state index contributed by atoms with van der Waals surface area (Å²) in [5, 5.41) is 9.33. The van der Waals surface area contributed by atoms with Crippen LogP contribution in [0.2, 0.25) is 0 Å². The van der Waals surface area contributed by atoms with Crippen LogP contribution in [0.3, 0.4) is 0 Å². The number of carbonyl (C=O) groups excluding carboxylic acids is 1. The van der Waals surface area contributed by atoms with Crippen LogP contribution in [-0.4, -0.2) is 56.5 Å². The molecule has 1 N–H and O–H groups in total. The molecule has 1 amide bonds. The number of rotatable bonds is 6. The van der Waals surface area contributed by atoms with E-state index in [0.717, 1.165) is 52.1 Å². The van der Waals surface area contributed by atoms with Gasteiger partial charge < -0.3 is 19.7 Å². The maximum absolute atomic E-state index is 12.5. The number of anilines is 2. The highest BCUT2D eigenvalue weighted by Gasteiger charge is 2.29. The monoisotopic (exact) mass is 542 g/mol. The van der Waals surface area contributed by atoms with Gasteiger partial charge in [0.15, 0.2) is 0 Å². The molecule has 40 heavy (non-hydrogen) atoms.